The Morgan fingerprint density at radius 3 is 2.62 bits per heavy atom. The Morgan fingerprint density at radius 1 is 1.44 bits per heavy atom. The third-order valence-electron chi connectivity index (χ3n) is 3.58. The average molecular weight is 219 g/mol. The zero-order valence-electron chi connectivity index (χ0n) is 10.1. The summed E-state index contributed by atoms with van der Waals surface area (Å²) in [5.74, 6) is 0. The van der Waals surface area contributed by atoms with E-state index in [1.807, 2.05) is 18.3 Å². The van der Waals surface area contributed by atoms with Gasteiger partial charge in [-0.05, 0) is 38.9 Å². The van der Waals surface area contributed by atoms with Gasteiger partial charge in [0.2, 0.25) is 0 Å². The number of hydrogen-bond donors (Lipinski definition) is 1. The molecule has 1 aliphatic rings. The highest BCUT2D eigenvalue weighted by Gasteiger charge is 2.30. The van der Waals surface area contributed by atoms with Gasteiger partial charge >= 0.3 is 0 Å². The summed E-state index contributed by atoms with van der Waals surface area (Å²) >= 11 is 0. The molecule has 2 rings (SSSR count). The third kappa shape index (κ3) is 2.25. The topological polar surface area (TPSA) is 42.1 Å². The van der Waals surface area contributed by atoms with Crippen molar-refractivity contribution in [2.45, 2.75) is 44.3 Å². The fraction of sp³-hybridized carbons (Fsp3) is 0.615. The van der Waals surface area contributed by atoms with Gasteiger partial charge in [0.05, 0.1) is 11.7 Å². The molecule has 16 heavy (non-hydrogen) atoms. The maximum absolute atomic E-state index is 6.10. The van der Waals surface area contributed by atoms with E-state index >= 15 is 0 Å². The van der Waals surface area contributed by atoms with Crippen molar-refractivity contribution in [1.29, 1.82) is 0 Å². The van der Waals surface area contributed by atoms with Crippen molar-refractivity contribution >= 4 is 0 Å². The minimum absolute atomic E-state index is 0.112. The van der Waals surface area contributed by atoms with Gasteiger partial charge in [-0.25, -0.2) is 0 Å². The summed E-state index contributed by atoms with van der Waals surface area (Å²) in [6.45, 7) is 2.06. The number of likely N-dealkylation sites (N-methyl/N-ethyl adjacent to an activating group) is 1. The summed E-state index contributed by atoms with van der Waals surface area (Å²) in [6, 6.07) is 7.10. The van der Waals surface area contributed by atoms with Crippen LogP contribution in [-0.4, -0.2) is 29.0 Å². The Morgan fingerprint density at radius 2 is 2.19 bits per heavy atom. The van der Waals surface area contributed by atoms with Crippen LogP contribution in [0.2, 0.25) is 0 Å². The predicted molar refractivity (Wildman–Crippen MR) is 66.0 cm³/mol. The van der Waals surface area contributed by atoms with Crippen LogP contribution in [0, 0.1) is 0 Å². The van der Waals surface area contributed by atoms with Crippen molar-refractivity contribution < 1.29 is 0 Å². The molecule has 1 aromatic heterocycles. The minimum Gasteiger partial charge on any atom is -0.326 e. The highest BCUT2D eigenvalue weighted by molar-refractivity contribution is 5.11. The molecule has 1 fully saturated rings. The first kappa shape index (κ1) is 11.6. The van der Waals surface area contributed by atoms with E-state index in [1.54, 1.807) is 0 Å². The second-order valence-electron chi connectivity index (χ2n) is 4.81. The molecule has 0 amide bonds. The Labute approximate surface area is 97.7 Å². The van der Waals surface area contributed by atoms with Crippen molar-refractivity contribution in [3.05, 3.63) is 30.1 Å². The number of hydrogen-bond acceptors (Lipinski definition) is 3. The van der Waals surface area contributed by atoms with E-state index < -0.39 is 0 Å². The number of rotatable bonds is 4. The standard InChI is InChI=1S/C13H21N3/c1-10(14)13(12-8-3-4-9-15-12)16(2)11-6-5-7-11/h3-4,8-11,13H,5-7,14H2,1-2H3. The molecule has 3 heteroatoms. The van der Waals surface area contributed by atoms with Gasteiger partial charge in [-0.1, -0.05) is 12.5 Å². The predicted octanol–water partition coefficient (Wildman–Crippen LogP) is 1.95. The van der Waals surface area contributed by atoms with Gasteiger partial charge in [0, 0.05) is 18.3 Å². The molecular formula is C13H21N3. The minimum atomic E-state index is 0.112. The van der Waals surface area contributed by atoms with E-state index in [1.165, 1.54) is 19.3 Å². The summed E-state index contributed by atoms with van der Waals surface area (Å²) in [4.78, 5) is 6.84. The Balaban J connectivity index is 2.16. The SMILES string of the molecule is CC(N)C(c1ccccn1)N(C)C1CCC1. The van der Waals surface area contributed by atoms with E-state index in [-0.39, 0.29) is 12.1 Å². The van der Waals surface area contributed by atoms with Crippen LogP contribution in [0.15, 0.2) is 24.4 Å². The van der Waals surface area contributed by atoms with Crippen LogP contribution in [0.1, 0.15) is 37.9 Å². The van der Waals surface area contributed by atoms with Gasteiger partial charge in [-0.2, -0.15) is 0 Å². The van der Waals surface area contributed by atoms with Crippen LogP contribution < -0.4 is 5.73 Å². The second-order valence-corrected chi connectivity index (χ2v) is 4.81. The van der Waals surface area contributed by atoms with Crippen LogP contribution in [0.4, 0.5) is 0 Å². The molecule has 0 aromatic carbocycles. The normalized spacial score (nSPS) is 20.5. The maximum Gasteiger partial charge on any atom is 0.0670 e. The van der Waals surface area contributed by atoms with E-state index in [0.29, 0.717) is 6.04 Å². The highest BCUT2D eigenvalue weighted by atomic mass is 15.2. The summed E-state index contributed by atoms with van der Waals surface area (Å²) in [5.41, 5.74) is 7.19. The van der Waals surface area contributed by atoms with E-state index in [9.17, 15) is 0 Å². The van der Waals surface area contributed by atoms with Gasteiger partial charge in [0.25, 0.3) is 0 Å². The van der Waals surface area contributed by atoms with Gasteiger partial charge < -0.3 is 5.73 Å². The lowest BCUT2D eigenvalue weighted by molar-refractivity contribution is 0.0957. The number of nitrogens with two attached hydrogens (primary N) is 1. The molecule has 1 aliphatic carbocycles. The van der Waals surface area contributed by atoms with Gasteiger partial charge in [-0.15, -0.1) is 0 Å². The number of pyridine rings is 1. The largest absolute Gasteiger partial charge is 0.326 e. The summed E-state index contributed by atoms with van der Waals surface area (Å²) in [7, 11) is 2.17. The summed E-state index contributed by atoms with van der Waals surface area (Å²) in [5, 5.41) is 0. The van der Waals surface area contributed by atoms with Crippen LogP contribution in [0.3, 0.4) is 0 Å². The van der Waals surface area contributed by atoms with Crippen molar-refractivity contribution in [2.24, 2.45) is 5.73 Å². The molecule has 0 spiro atoms. The summed E-state index contributed by atoms with van der Waals surface area (Å²) in [6.07, 6.45) is 5.79. The van der Waals surface area contributed by atoms with Gasteiger partial charge in [0.1, 0.15) is 0 Å². The molecule has 0 saturated heterocycles. The van der Waals surface area contributed by atoms with Crippen LogP contribution in [0.25, 0.3) is 0 Å². The van der Waals surface area contributed by atoms with Gasteiger partial charge in [0.15, 0.2) is 0 Å². The fourth-order valence-corrected chi connectivity index (χ4v) is 2.42. The molecular weight excluding hydrogens is 198 g/mol. The summed E-state index contributed by atoms with van der Waals surface area (Å²) < 4.78 is 0. The molecule has 1 heterocycles. The third-order valence-corrected chi connectivity index (χ3v) is 3.58. The van der Waals surface area contributed by atoms with E-state index in [0.717, 1.165) is 5.69 Å². The molecule has 3 nitrogen and oxygen atoms in total. The first-order valence-corrected chi connectivity index (χ1v) is 6.08. The molecule has 2 unspecified atom stereocenters. The molecule has 0 radical (unpaired) electrons. The van der Waals surface area contributed by atoms with Crippen molar-refractivity contribution in [1.82, 2.24) is 9.88 Å². The lowest BCUT2D eigenvalue weighted by Gasteiger charge is -2.41. The van der Waals surface area contributed by atoms with E-state index in [2.05, 4.69) is 29.9 Å². The number of aromatic nitrogens is 1. The van der Waals surface area contributed by atoms with Crippen LogP contribution >= 0.6 is 0 Å². The molecule has 88 valence electrons. The zero-order chi connectivity index (χ0) is 11.5. The first-order chi connectivity index (χ1) is 7.70. The monoisotopic (exact) mass is 219 g/mol. The molecule has 2 atom stereocenters. The lowest BCUT2D eigenvalue weighted by atomic mass is 9.89. The van der Waals surface area contributed by atoms with Gasteiger partial charge in [-0.3, -0.25) is 9.88 Å². The smallest absolute Gasteiger partial charge is 0.0670 e. The molecule has 0 aliphatic heterocycles. The van der Waals surface area contributed by atoms with Crippen LogP contribution in [0.5, 0.6) is 0 Å². The Bertz CT molecular complexity index is 319. The molecule has 1 saturated carbocycles. The Kier molecular flexibility index (Phi) is 3.56. The number of nitrogens with zero attached hydrogens (tertiary/aromatic N) is 2. The van der Waals surface area contributed by atoms with E-state index in [4.69, 9.17) is 5.73 Å². The maximum atomic E-state index is 6.10. The van der Waals surface area contributed by atoms with Crippen molar-refractivity contribution in [2.75, 3.05) is 7.05 Å². The first-order valence-electron chi connectivity index (χ1n) is 6.08. The average Bonchev–Trinajstić information content (AvgIpc) is 2.16. The second kappa shape index (κ2) is 4.93. The fourth-order valence-electron chi connectivity index (χ4n) is 2.42. The molecule has 2 N–H and O–H groups in total. The Hall–Kier alpha value is -0.930. The molecule has 1 aromatic rings. The highest BCUT2D eigenvalue weighted by Crippen LogP contribution is 2.31. The quantitative estimate of drug-likeness (QED) is 0.841. The zero-order valence-corrected chi connectivity index (χ0v) is 10.1. The molecule has 0 bridgehead atoms. The van der Waals surface area contributed by atoms with Crippen LogP contribution in [-0.2, 0) is 0 Å². The lowest BCUT2D eigenvalue weighted by Crippen LogP contribution is -2.45. The van der Waals surface area contributed by atoms with Crippen molar-refractivity contribution in [3.8, 4) is 0 Å². The van der Waals surface area contributed by atoms with Crippen molar-refractivity contribution in [3.63, 3.8) is 0 Å².